The second-order valence-corrected chi connectivity index (χ2v) is 5.96. The van der Waals surface area contributed by atoms with E-state index in [0.717, 1.165) is 23.9 Å². The third-order valence-corrected chi connectivity index (χ3v) is 4.27. The predicted molar refractivity (Wildman–Crippen MR) is 85.4 cm³/mol. The highest BCUT2D eigenvalue weighted by Crippen LogP contribution is 2.26. The molecule has 0 spiro atoms. The number of likely N-dealkylation sites (tertiary alicyclic amines) is 1. The van der Waals surface area contributed by atoms with Gasteiger partial charge in [-0.25, -0.2) is 0 Å². The highest BCUT2D eigenvalue weighted by Gasteiger charge is 2.23. The van der Waals surface area contributed by atoms with Crippen molar-refractivity contribution in [1.29, 1.82) is 0 Å². The summed E-state index contributed by atoms with van der Waals surface area (Å²) in [4.78, 5) is 2.54. The van der Waals surface area contributed by atoms with Gasteiger partial charge in [0.15, 0.2) is 0 Å². The molecular weight excluding hydrogens is 284 g/mol. The minimum absolute atomic E-state index is 0.376. The van der Waals surface area contributed by atoms with Gasteiger partial charge in [-0.05, 0) is 55.8 Å². The van der Waals surface area contributed by atoms with Crippen molar-refractivity contribution in [3.8, 4) is 0 Å². The molecule has 2 heterocycles. The van der Waals surface area contributed by atoms with Crippen LogP contribution in [0.25, 0.3) is 0 Å². The summed E-state index contributed by atoms with van der Waals surface area (Å²) in [5.74, 6) is 0.973. The summed E-state index contributed by atoms with van der Waals surface area (Å²) in [6.45, 7) is 4.00. The largest absolute Gasteiger partial charge is 0.468 e. The fourth-order valence-corrected chi connectivity index (χ4v) is 3.17. The van der Waals surface area contributed by atoms with Crippen LogP contribution < -0.4 is 5.32 Å². The fraction of sp³-hybridized carbons (Fsp3) is 0.412. The number of hydrogen-bond donors (Lipinski definition) is 1. The molecule has 0 radical (unpaired) electrons. The smallest absolute Gasteiger partial charge is 0.117 e. The highest BCUT2D eigenvalue weighted by atomic mass is 35.5. The third kappa shape index (κ3) is 3.88. The molecule has 1 N–H and O–H groups in total. The van der Waals surface area contributed by atoms with E-state index in [-0.39, 0.29) is 0 Å². The molecule has 1 atom stereocenters. The Bertz CT molecular complexity index is 550. The van der Waals surface area contributed by atoms with Gasteiger partial charge in [0, 0.05) is 17.6 Å². The fourth-order valence-electron chi connectivity index (χ4n) is 2.97. The maximum atomic E-state index is 6.16. The first-order valence-corrected chi connectivity index (χ1v) is 7.93. The monoisotopic (exact) mass is 304 g/mol. The molecule has 1 aliphatic heterocycles. The lowest BCUT2D eigenvalue weighted by Crippen LogP contribution is -2.33. The molecule has 112 valence electrons. The Kier molecular flexibility index (Phi) is 4.96. The predicted octanol–water partition coefficient (Wildman–Crippen LogP) is 3.86. The van der Waals surface area contributed by atoms with E-state index in [0.29, 0.717) is 6.04 Å². The second-order valence-electron chi connectivity index (χ2n) is 5.52. The second kappa shape index (κ2) is 7.12. The summed E-state index contributed by atoms with van der Waals surface area (Å²) in [6, 6.07) is 12.5. The van der Waals surface area contributed by atoms with Crippen molar-refractivity contribution in [2.75, 3.05) is 19.6 Å². The van der Waals surface area contributed by atoms with Gasteiger partial charge < -0.3 is 9.73 Å². The van der Waals surface area contributed by atoms with Crippen LogP contribution in [0.15, 0.2) is 47.1 Å². The number of nitrogens with zero attached hydrogens (tertiary/aromatic N) is 1. The summed E-state index contributed by atoms with van der Waals surface area (Å²) in [7, 11) is 0. The number of rotatable bonds is 6. The number of nitrogens with one attached hydrogen (secondary N) is 1. The Morgan fingerprint density at radius 3 is 2.76 bits per heavy atom. The van der Waals surface area contributed by atoms with Crippen LogP contribution >= 0.6 is 11.6 Å². The van der Waals surface area contributed by atoms with Crippen LogP contribution in [-0.4, -0.2) is 24.5 Å². The number of benzene rings is 1. The quantitative estimate of drug-likeness (QED) is 0.878. The molecule has 2 aromatic rings. The molecular formula is C17H21ClN2O. The van der Waals surface area contributed by atoms with Crippen LogP contribution in [0.1, 0.15) is 30.2 Å². The van der Waals surface area contributed by atoms with Crippen molar-refractivity contribution < 1.29 is 4.42 Å². The van der Waals surface area contributed by atoms with E-state index in [9.17, 15) is 0 Å². The van der Waals surface area contributed by atoms with E-state index in [2.05, 4.69) is 22.3 Å². The molecule has 1 aromatic heterocycles. The Morgan fingerprint density at radius 2 is 2.05 bits per heavy atom. The molecule has 0 bridgehead atoms. The zero-order valence-corrected chi connectivity index (χ0v) is 12.9. The molecule has 4 heteroatoms. The maximum absolute atomic E-state index is 6.16. The van der Waals surface area contributed by atoms with Crippen molar-refractivity contribution in [1.82, 2.24) is 10.2 Å². The standard InChI is InChI=1S/C17H21ClN2O/c18-15-6-3-5-14(11-15)17(20-8-1-2-9-20)13-19-12-16-7-4-10-21-16/h3-7,10-11,17,19H,1-2,8-9,12-13H2. The molecule has 1 aliphatic rings. The van der Waals surface area contributed by atoms with Crippen molar-refractivity contribution in [2.24, 2.45) is 0 Å². The van der Waals surface area contributed by atoms with E-state index in [4.69, 9.17) is 16.0 Å². The Balaban J connectivity index is 1.67. The molecule has 21 heavy (non-hydrogen) atoms. The average molecular weight is 305 g/mol. The first-order valence-electron chi connectivity index (χ1n) is 7.55. The first kappa shape index (κ1) is 14.6. The van der Waals surface area contributed by atoms with E-state index in [1.807, 2.05) is 24.3 Å². The SMILES string of the molecule is Clc1cccc(C(CNCc2ccco2)N2CCCC2)c1. The van der Waals surface area contributed by atoms with Crippen molar-refractivity contribution in [3.63, 3.8) is 0 Å². The van der Waals surface area contributed by atoms with Crippen LogP contribution in [-0.2, 0) is 6.54 Å². The van der Waals surface area contributed by atoms with Crippen LogP contribution in [0.3, 0.4) is 0 Å². The summed E-state index contributed by atoms with van der Waals surface area (Å²) in [5, 5.41) is 4.31. The highest BCUT2D eigenvalue weighted by molar-refractivity contribution is 6.30. The normalized spacial score (nSPS) is 17.2. The van der Waals surface area contributed by atoms with Crippen molar-refractivity contribution >= 4 is 11.6 Å². The van der Waals surface area contributed by atoms with Gasteiger partial charge in [-0.15, -0.1) is 0 Å². The Hall–Kier alpha value is -1.29. The third-order valence-electron chi connectivity index (χ3n) is 4.03. The molecule has 3 rings (SSSR count). The van der Waals surface area contributed by atoms with Crippen LogP contribution in [0.4, 0.5) is 0 Å². The first-order chi connectivity index (χ1) is 10.3. The molecule has 1 fully saturated rings. The molecule has 1 saturated heterocycles. The average Bonchev–Trinajstić information content (AvgIpc) is 3.17. The summed E-state index contributed by atoms with van der Waals surface area (Å²) >= 11 is 6.16. The van der Waals surface area contributed by atoms with E-state index in [1.54, 1.807) is 6.26 Å². The number of halogens is 1. The summed E-state index contributed by atoms with van der Waals surface area (Å²) < 4.78 is 5.37. The summed E-state index contributed by atoms with van der Waals surface area (Å²) in [6.07, 6.45) is 4.29. The summed E-state index contributed by atoms with van der Waals surface area (Å²) in [5.41, 5.74) is 1.29. The zero-order valence-electron chi connectivity index (χ0n) is 12.1. The molecule has 0 saturated carbocycles. The Morgan fingerprint density at radius 1 is 1.19 bits per heavy atom. The van der Waals surface area contributed by atoms with Crippen molar-refractivity contribution in [3.05, 3.63) is 59.0 Å². The molecule has 3 nitrogen and oxygen atoms in total. The lowest BCUT2D eigenvalue weighted by molar-refractivity contribution is 0.237. The lowest BCUT2D eigenvalue weighted by atomic mass is 10.1. The maximum Gasteiger partial charge on any atom is 0.117 e. The van der Waals surface area contributed by atoms with Gasteiger partial charge in [0.2, 0.25) is 0 Å². The van der Waals surface area contributed by atoms with Crippen LogP contribution in [0.5, 0.6) is 0 Å². The minimum atomic E-state index is 0.376. The van der Waals surface area contributed by atoms with Gasteiger partial charge in [-0.1, -0.05) is 23.7 Å². The molecule has 0 aliphatic carbocycles. The van der Waals surface area contributed by atoms with Crippen LogP contribution in [0.2, 0.25) is 5.02 Å². The Labute approximate surface area is 130 Å². The molecule has 1 unspecified atom stereocenters. The topological polar surface area (TPSA) is 28.4 Å². The van der Waals surface area contributed by atoms with Gasteiger partial charge in [-0.2, -0.15) is 0 Å². The number of hydrogen-bond acceptors (Lipinski definition) is 3. The van der Waals surface area contributed by atoms with Gasteiger partial charge in [0.1, 0.15) is 5.76 Å². The minimum Gasteiger partial charge on any atom is -0.468 e. The van der Waals surface area contributed by atoms with Gasteiger partial charge >= 0.3 is 0 Å². The zero-order chi connectivity index (χ0) is 14.5. The molecule has 0 amide bonds. The van der Waals surface area contributed by atoms with Gasteiger partial charge in [0.05, 0.1) is 12.8 Å². The van der Waals surface area contributed by atoms with Gasteiger partial charge in [0.25, 0.3) is 0 Å². The van der Waals surface area contributed by atoms with E-state index < -0.39 is 0 Å². The van der Waals surface area contributed by atoms with Gasteiger partial charge in [-0.3, -0.25) is 4.90 Å². The number of furan rings is 1. The lowest BCUT2D eigenvalue weighted by Gasteiger charge is -2.28. The van der Waals surface area contributed by atoms with E-state index >= 15 is 0 Å². The van der Waals surface area contributed by atoms with Crippen molar-refractivity contribution in [2.45, 2.75) is 25.4 Å². The molecule has 1 aromatic carbocycles. The van der Waals surface area contributed by atoms with Crippen LogP contribution in [0, 0.1) is 0 Å². The van der Waals surface area contributed by atoms with E-state index in [1.165, 1.54) is 31.5 Å².